The van der Waals surface area contributed by atoms with Crippen molar-refractivity contribution in [3.05, 3.63) is 59.8 Å². The van der Waals surface area contributed by atoms with Crippen LogP contribution in [0, 0.1) is 5.82 Å². The summed E-state index contributed by atoms with van der Waals surface area (Å²) in [5, 5.41) is 4.94. The van der Waals surface area contributed by atoms with Gasteiger partial charge in [-0.05, 0) is 23.8 Å². The molecule has 2 N–H and O–H groups in total. The number of benzene rings is 1. The predicted molar refractivity (Wildman–Crippen MR) is 153 cm³/mol. The highest BCUT2D eigenvalue weighted by Crippen LogP contribution is 2.40. The standard InChI is InChI=1S/C29H30FN5O7S/c1-4-23(37)32-24-26(38)35-25(28(39)41-3)18(15-43-27(24)35)13-33-9-7-17(8-10-33)21-6-5-19(11-22(21)30)34-14-20(42-29(34)40)12-31-16(2)36/h5-11,20,24,27H,4,12-15H2,1-3H3,(H-,31,32,36,37)/p+1. The van der Waals surface area contributed by atoms with E-state index >= 15 is 4.39 Å². The summed E-state index contributed by atoms with van der Waals surface area (Å²) in [6.45, 7) is 3.72. The molecule has 3 unspecified atom stereocenters. The average molecular weight is 613 g/mol. The molecule has 2 aromatic rings. The molecule has 43 heavy (non-hydrogen) atoms. The van der Waals surface area contributed by atoms with Gasteiger partial charge in [0.05, 0.1) is 25.9 Å². The maximum atomic E-state index is 15.2. The fourth-order valence-corrected chi connectivity index (χ4v) is 6.47. The van der Waals surface area contributed by atoms with E-state index in [9.17, 15) is 24.0 Å². The molecule has 14 heteroatoms. The Morgan fingerprint density at radius 1 is 1.19 bits per heavy atom. The number of carbonyl (C=O) groups is 5. The fraction of sp³-hybridized carbons (Fsp3) is 0.379. The number of methoxy groups -OCH3 is 1. The van der Waals surface area contributed by atoms with Crippen LogP contribution in [0.2, 0.25) is 0 Å². The lowest BCUT2D eigenvalue weighted by Gasteiger charge is -2.49. The van der Waals surface area contributed by atoms with Gasteiger partial charge in [-0.15, -0.1) is 11.8 Å². The molecule has 4 heterocycles. The maximum Gasteiger partial charge on any atom is 0.414 e. The number of hydrogen-bond donors (Lipinski definition) is 2. The van der Waals surface area contributed by atoms with Crippen LogP contribution >= 0.6 is 11.8 Å². The van der Waals surface area contributed by atoms with E-state index in [0.717, 1.165) is 0 Å². The summed E-state index contributed by atoms with van der Waals surface area (Å²) < 4.78 is 27.3. The molecule has 226 valence electrons. The number of aromatic nitrogens is 1. The molecule has 1 aromatic carbocycles. The van der Waals surface area contributed by atoms with Crippen LogP contribution in [-0.4, -0.2) is 78.2 Å². The van der Waals surface area contributed by atoms with Gasteiger partial charge in [-0.1, -0.05) is 6.92 Å². The number of halogens is 1. The number of ether oxygens (including phenoxy) is 2. The minimum atomic E-state index is -0.687. The van der Waals surface area contributed by atoms with Gasteiger partial charge in [0.15, 0.2) is 18.9 Å². The highest BCUT2D eigenvalue weighted by Gasteiger charge is 2.54. The first-order chi connectivity index (χ1) is 20.6. The zero-order valence-corrected chi connectivity index (χ0v) is 24.6. The highest BCUT2D eigenvalue weighted by atomic mass is 32.2. The quantitative estimate of drug-likeness (QED) is 0.247. The number of rotatable bonds is 9. The lowest BCUT2D eigenvalue weighted by atomic mass is 10.0. The number of esters is 1. The number of cyclic esters (lactones) is 1. The Morgan fingerprint density at radius 3 is 2.58 bits per heavy atom. The summed E-state index contributed by atoms with van der Waals surface area (Å²) in [6.07, 6.45) is 2.59. The third-order valence-corrected chi connectivity index (χ3v) is 8.70. The topological polar surface area (TPSA) is 138 Å². The lowest BCUT2D eigenvalue weighted by molar-refractivity contribution is -0.689. The molecule has 0 radical (unpaired) electrons. The van der Waals surface area contributed by atoms with Crippen molar-refractivity contribution in [3.8, 4) is 11.1 Å². The monoisotopic (exact) mass is 612 g/mol. The molecule has 0 saturated carbocycles. The average Bonchev–Trinajstić information content (AvgIpc) is 3.38. The molecule has 0 aliphatic carbocycles. The van der Waals surface area contributed by atoms with Crippen LogP contribution in [0.15, 0.2) is 54.0 Å². The molecule has 0 spiro atoms. The molecule has 12 nitrogen and oxygen atoms in total. The summed E-state index contributed by atoms with van der Waals surface area (Å²) in [5.41, 5.74) is 2.13. The Balaban J connectivity index is 1.29. The number of carbonyl (C=O) groups excluding carboxylic acids is 5. The number of amides is 4. The van der Waals surface area contributed by atoms with E-state index in [1.807, 2.05) is 4.57 Å². The summed E-state index contributed by atoms with van der Waals surface area (Å²) in [6, 6.07) is 7.25. The molecule has 4 amide bonds. The summed E-state index contributed by atoms with van der Waals surface area (Å²) in [4.78, 5) is 63.6. The van der Waals surface area contributed by atoms with Gasteiger partial charge in [-0.25, -0.2) is 18.5 Å². The van der Waals surface area contributed by atoms with Gasteiger partial charge in [-0.2, -0.15) is 0 Å². The van der Waals surface area contributed by atoms with Crippen molar-refractivity contribution in [1.29, 1.82) is 0 Å². The molecule has 2 saturated heterocycles. The Labute approximate surface area is 251 Å². The van der Waals surface area contributed by atoms with E-state index in [2.05, 4.69) is 10.6 Å². The molecular weight excluding hydrogens is 581 g/mol. The van der Waals surface area contributed by atoms with Gasteiger partial charge in [0.25, 0.3) is 5.91 Å². The zero-order chi connectivity index (χ0) is 30.8. The maximum absolute atomic E-state index is 15.2. The largest absolute Gasteiger partial charge is 0.464 e. The van der Waals surface area contributed by atoms with Crippen molar-refractivity contribution in [1.82, 2.24) is 15.5 Å². The van der Waals surface area contributed by atoms with Crippen LogP contribution in [-0.2, 0) is 35.2 Å². The third-order valence-electron chi connectivity index (χ3n) is 7.36. The van der Waals surface area contributed by atoms with Gasteiger partial charge in [0, 0.05) is 42.4 Å². The van der Waals surface area contributed by atoms with E-state index in [4.69, 9.17) is 9.47 Å². The Morgan fingerprint density at radius 2 is 1.93 bits per heavy atom. The van der Waals surface area contributed by atoms with Crippen molar-refractivity contribution >= 4 is 47.2 Å². The number of hydrogen-bond acceptors (Lipinski definition) is 8. The molecule has 3 aliphatic rings. The Kier molecular flexibility index (Phi) is 8.67. The van der Waals surface area contributed by atoms with Gasteiger partial charge < -0.3 is 20.1 Å². The van der Waals surface area contributed by atoms with Crippen molar-refractivity contribution < 1.29 is 42.4 Å². The van der Waals surface area contributed by atoms with Crippen LogP contribution in [0.25, 0.3) is 11.1 Å². The van der Waals surface area contributed by atoms with Crippen LogP contribution in [0.4, 0.5) is 14.9 Å². The SMILES string of the molecule is CCC(=O)NC1C(=O)N2C(C(=O)OC)=C(C[n+]3ccc(-c4ccc(N5CC(CNC(C)=O)OC5=O)cc4F)cc3)CSC12. The molecule has 0 bridgehead atoms. The first kappa shape index (κ1) is 30.0. The predicted octanol–water partition coefficient (Wildman–Crippen LogP) is 1.48. The van der Waals surface area contributed by atoms with Gasteiger partial charge in [0.2, 0.25) is 11.8 Å². The Hall–Kier alpha value is -4.46. The number of nitrogens with one attached hydrogen (secondary N) is 2. The number of fused-ring (bicyclic) bond motifs is 1. The van der Waals surface area contributed by atoms with Gasteiger partial charge in [0.1, 0.15) is 29.0 Å². The van der Waals surface area contributed by atoms with Crippen molar-refractivity contribution in [2.45, 2.75) is 44.3 Å². The van der Waals surface area contributed by atoms with E-state index < -0.39 is 30.0 Å². The lowest BCUT2D eigenvalue weighted by Crippen LogP contribution is -2.70. The zero-order valence-electron chi connectivity index (χ0n) is 23.8. The number of pyridine rings is 1. The number of anilines is 1. The minimum Gasteiger partial charge on any atom is -0.464 e. The van der Waals surface area contributed by atoms with Gasteiger partial charge >= 0.3 is 12.1 Å². The molecule has 3 atom stereocenters. The molecule has 2 fully saturated rings. The van der Waals surface area contributed by atoms with Crippen LogP contribution in [0.5, 0.6) is 0 Å². The second kappa shape index (κ2) is 12.4. The highest BCUT2D eigenvalue weighted by molar-refractivity contribution is 8.00. The van der Waals surface area contributed by atoms with E-state index in [1.54, 1.807) is 43.6 Å². The second-order valence-electron chi connectivity index (χ2n) is 10.2. The number of thioether (sulfide) groups is 1. The summed E-state index contributed by atoms with van der Waals surface area (Å²) >= 11 is 1.46. The summed E-state index contributed by atoms with van der Waals surface area (Å²) in [5.74, 6) is -1.54. The molecular formula is C29H31FN5O7S+. The third kappa shape index (κ3) is 6.05. The number of β-lactam (4-membered cyclic amide) rings is 1. The van der Waals surface area contributed by atoms with Crippen molar-refractivity contribution in [2.24, 2.45) is 0 Å². The molecule has 5 rings (SSSR count). The second-order valence-corrected chi connectivity index (χ2v) is 11.3. The number of nitrogens with zero attached hydrogens (tertiary/aromatic N) is 3. The normalized spacial score (nSPS) is 21.2. The van der Waals surface area contributed by atoms with Gasteiger partial charge in [-0.3, -0.25) is 24.2 Å². The first-order valence-corrected chi connectivity index (χ1v) is 14.7. The fourth-order valence-electron chi connectivity index (χ4n) is 5.13. The minimum absolute atomic E-state index is 0.172. The molecule has 1 aromatic heterocycles. The van der Waals surface area contributed by atoms with E-state index in [1.165, 1.54) is 41.7 Å². The van der Waals surface area contributed by atoms with E-state index in [-0.39, 0.29) is 48.3 Å². The smallest absolute Gasteiger partial charge is 0.414 e. The first-order valence-electron chi connectivity index (χ1n) is 13.7. The van der Waals surface area contributed by atoms with Crippen molar-refractivity contribution in [3.63, 3.8) is 0 Å². The van der Waals surface area contributed by atoms with Crippen LogP contribution in [0.3, 0.4) is 0 Å². The van der Waals surface area contributed by atoms with Crippen molar-refractivity contribution in [2.75, 3.05) is 30.9 Å². The summed E-state index contributed by atoms with van der Waals surface area (Å²) in [7, 11) is 1.25. The van der Waals surface area contributed by atoms with Crippen LogP contribution < -0.4 is 20.1 Å². The van der Waals surface area contributed by atoms with E-state index in [0.29, 0.717) is 34.7 Å². The molecule has 3 aliphatic heterocycles. The van der Waals surface area contributed by atoms with Crippen LogP contribution in [0.1, 0.15) is 20.3 Å². The Bertz CT molecular complexity index is 1520.